The first kappa shape index (κ1) is 26.8. The van der Waals surface area contributed by atoms with Gasteiger partial charge in [0.05, 0.1) is 14.2 Å². The number of unbranched alkanes of at least 4 members (excludes halogenated alkanes) is 3. The number of amides is 1. The van der Waals surface area contributed by atoms with Crippen LogP contribution in [0.1, 0.15) is 37.7 Å². The van der Waals surface area contributed by atoms with E-state index < -0.39 is 0 Å². The summed E-state index contributed by atoms with van der Waals surface area (Å²) in [6, 6.07) is 5.97. The van der Waals surface area contributed by atoms with Gasteiger partial charge in [-0.05, 0) is 37.1 Å². The molecule has 0 aromatic heterocycles. The van der Waals surface area contributed by atoms with Crippen LogP contribution in [-0.4, -0.2) is 62.7 Å². The molecule has 0 saturated carbocycles. The Morgan fingerprint density at radius 3 is 2.04 bits per heavy atom. The standard InChI is InChI=1S/C20H33N3O3.2ClH/c1-25-18-13-17(14-19(15-18)26-2)16-22-9-11-23(12-10-22)20(24)7-5-3-4-6-8-21;;/h13-15H,3-12,16,21H2,1-2H3;2*1H. The predicted molar refractivity (Wildman–Crippen MR) is 118 cm³/mol. The molecule has 0 unspecified atom stereocenters. The van der Waals surface area contributed by atoms with E-state index in [2.05, 4.69) is 4.90 Å². The molecule has 1 aliphatic heterocycles. The van der Waals surface area contributed by atoms with Gasteiger partial charge in [-0.3, -0.25) is 9.69 Å². The molecule has 0 radical (unpaired) electrons. The lowest BCUT2D eigenvalue weighted by Gasteiger charge is -2.35. The molecule has 0 aliphatic carbocycles. The van der Waals surface area contributed by atoms with Crippen molar-refractivity contribution in [2.24, 2.45) is 5.73 Å². The fourth-order valence-corrected chi connectivity index (χ4v) is 3.30. The first-order valence-corrected chi connectivity index (χ1v) is 9.58. The van der Waals surface area contributed by atoms with Gasteiger partial charge < -0.3 is 20.1 Å². The zero-order valence-corrected chi connectivity index (χ0v) is 18.7. The number of carbonyl (C=O) groups is 1. The summed E-state index contributed by atoms with van der Waals surface area (Å²) in [5, 5.41) is 0. The third-order valence-corrected chi connectivity index (χ3v) is 4.89. The van der Waals surface area contributed by atoms with Crippen molar-refractivity contribution in [3.8, 4) is 11.5 Å². The van der Waals surface area contributed by atoms with Gasteiger partial charge in [0, 0.05) is 45.2 Å². The normalized spacial score (nSPS) is 14.0. The zero-order chi connectivity index (χ0) is 18.8. The van der Waals surface area contributed by atoms with Crippen LogP contribution in [0.15, 0.2) is 18.2 Å². The molecule has 1 aliphatic rings. The Morgan fingerprint density at radius 2 is 1.50 bits per heavy atom. The first-order valence-electron chi connectivity index (χ1n) is 9.58. The maximum Gasteiger partial charge on any atom is 0.222 e. The summed E-state index contributed by atoms with van der Waals surface area (Å²) in [5.74, 6) is 1.91. The summed E-state index contributed by atoms with van der Waals surface area (Å²) in [6.07, 6.45) is 4.92. The van der Waals surface area contributed by atoms with Gasteiger partial charge in [0.15, 0.2) is 0 Å². The van der Waals surface area contributed by atoms with E-state index in [1.54, 1.807) is 14.2 Å². The van der Waals surface area contributed by atoms with Crippen molar-refractivity contribution >= 4 is 30.7 Å². The smallest absolute Gasteiger partial charge is 0.222 e. The molecule has 1 aromatic rings. The van der Waals surface area contributed by atoms with Gasteiger partial charge in [-0.25, -0.2) is 0 Å². The summed E-state index contributed by atoms with van der Waals surface area (Å²) in [4.78, 5) is 16.7. The summed E-state index contributed by atoms with van der Waals surface area (Å²) in [5.41, 5.74) is 6.66. The number of halogens is 2. The van der Waals surface area contributed by atoms with E-state index in [1.165, 1.54) is 5.56 Å². The highest BCUT2D eigenvalue weighted by molar-refractivity contribution is 5.85. The van der Waals surface area contributed by atoms with Crippen molar-refractivity contribution < 1.29 is 14.3 Å². The minimum absolute atomic E-state index is 0. The van der Waals surface area contributed by atoms with Crippen LogP contribution in [-0.2, 0) is 11.3 Å². The van der Waals surface area contributed by atoms with Crippen LogP contribution in [0.25, 0.3) is 0 Å². The molecule has 8 heteroatoms. The minimum Gasteiger partial charge on any atom is -0.497 e. The molecule has 1 amide bonds. The molecule has 6 nitrogen and oxygen atoms in total. The SMILES string of the molecule is COc1cc(CN2CCN(C(=O)CCCCCCN)CC2)cc(OC)c1.Cl.Cl. The van der Waals surface area contributed by atoms with Crippen LogP contribution in [0.4, 0.5) is 0 Å². The molecule has 1 saturated heterocycles. The average Bonchev–Trinajstić information content (AvgIpc) is 2.67. The Bertz CT molecular complexity index is 545. The summed E-state index contributed by atoms with van der Waals surface area (Å²) >= 11 is 0. The van der Waals surface area contributed by atoms with Gasteiger partial charge in [0.25, 0.3) is 0 Å². The van der Waals surface area contributed by atoms with Gasteiger partial charge in [-0.1, -0.05) is 12.8 Å². The van der Waals surface area contributed by atoms with Crippen LogP contribution in [0, 0.1) is 0 Å². The van der Waals surface area contributed by atoms with Crippen LogP contribution < -0.4 is 15.2 Å². The second-order valence-corrected chi connectivity index (χ2v) is 6.83. The maximum absolute atomic E-state index is 12.3. The van der Waals surface area contributed by atoms with Crippen LogP contribution >= 0.6 is 24.8 Å². The number of nitrogens with zero attached hydrogens (tertiary/aromatic N) is 2. The lowest BCUT2D eigenvalue weighted by atomic mass is 10.1. The van der Waals surface area contributed by atoms with Crippen LogP contribution in [0.2, 0.25) is 0 Å². The molecule has 2 rings (SSSR count). The number of ether oxygens (including phenoxy) is 2. The Kier molecular flexibility index (Phi) is 14.1. The van der Waals surface area contributed by atoms with Crippen molar-refractivity contribution in [1.29, 1.82) is 0 Å². The number of benzene rings is 1. The lowest BCUT2D eigenvalue weighted by Crippen LogP contribution is -2.48. The van der Waals surface area contributed by atoms with E-state index in [1.807, 2.05) is 23.1 Å². The number of methoxy groups -OCH3 is 2. The highest BCUT2D eigenvalue weighted by Crippen LogP contribution is 2.23. The van der Waals surface area contributed by atoms with E-state index in [0.29, 0.717) is 12.3 Å². The van der Waals surface area contributed by atoms with Crippen molar-refractivity contribution in [2.75, 3.05) is 46.9 Å². The molecule has 1 aromatic carbocycles. The number of rotatable bonds is 10. The highest BCUT2D eigenvalue weighted by Gasteiger charge is 2.21. The zero-order valence-electron chi connectivity index (χ0n) is 17.0. The number of carbonyl (C=O) groups excluding carboxylic acids is 1. The molecule has 0 spiro atoms. The fourth-order valence-electron chi connectivity index (χ4n) is 3.30. The fraction of sp³-hybridized carbons (Fsp3) is 0.650. The Morgan fingerprint density at radius 1 is 0.929 bits per heavy atom. The number of nitrogens with two attached hydrogens (primary N) is 1. The molecular formula is C20H35Cl2N3O3. The topological polar surface area (TPSA) is 68.0 Å². The van der Waals surface area contributed by atoms with E-state index in [9.17, 15) is 4.79 Å². The van der Waals surface area contributed by atoms with Gasteiger partial charge in [-0.2, -0.15) is 0 Å². The van der Waals surface area contributed by atoms with Crippen LogP contribution in [0.5, 0.6) is 11.5 Å². The highest BCUT2D eigenvalue weighted by atomic mass is 35.5. The number of piperazine rings is 1. The summed E-state index contributed by atoms with van der Waals surface area (Å²) < 4.78 is 10.7. The quantitative estimate of drug-likeness (QED) is 0.571. The molecule has 0 bridgehead atoms. The molecule has 28 heavy (non-hydrogen) atoms. The largest absolute Gasteiger partial charge is 0.497 e. The van der Waals surface area contributed by atoms with Crippen molar-refractivity contribution in [2.45, 2.75) is 38.6 Å². The molecule has 162 valence electrons. The van der Waals surface area contributed by atoms with Crippen molar-refractivity contribution in [3.63, 3.8) is 0 Å². The monoisotopic (exact) mass is 435 g/mol. The van der Waals surface area contributed by atoms with Crippen molar-refractivity contribution in [1.82, 2.24) is 9.80 Å². The second-order valence-electron chi connectivity index (χ2n) is 6.83. The number of hydrogen-bond acceptors (Lipinski definition) is 5. The molecule has 0 atom stereocenters. The molecule has 1 heterocycles. The summed E-state index contributed by atoms with van der Waals surface area (Å²) in [6.45, 7) is 5.01. The Balaban J connectivity index is 0.00000364. The van der Waals surface area contributed by atoms with Gasteiger partial charge >= 0.3 is 0 Å². The van der Waals surface area contributed by atoms with Gasteiger partial charge in [-0.15, -0.1) is 24.8 Å². The van der Waals surface area contributed by atoms with Gasteiger partial charge in [0.2, 0.25) is 5.91 Å². The van der Waals surface area contributed by atoms with Crippen LogP contribution in [0.3, 0.4) is 0 Å². The van der Waals surface area contributed by atoms with E-state index in [4.69, 9.17) is 15.2 Å². The lowest BCUT2D eigenvalue weighted by molar-refractivity contribution is -0.133. The third kappa shape index (κ3) is 8.86. The molecule has 1 fully saturated rings. The van der Waals surface area contributed by atoms with E-state index in [0.717, 1.165) is 76.5 Å². The second kappa shape index (κ2) is 14.7. The van der Waals surface area contributed by atoms with E-state index in [-0.39, 0.29) is 24.8 Å². The van der Waals surface area contributed by atoms with Gasteiger partial charge in [0.1, 0.15) is 11.5 Å². The first-order chi connectivity index (χ1) is 12.7. The number of hydrogen-bond donors (Lipinski definition) is 1. The molecule has 2 N–H and O–H groups in total. The van der Waals surface area contributed by atoms with E-state index >= 15 is 0 Å². The summed E-state index contributed by atoms with van der Waals surface area (Å²) in [7, 11) is 3.33. The maximum atomic E-state index is 12.3. The third-order valence-electron chi connectivity index (χ3n) is 4.89. The predicted octanol–water partition coefficient (Wildman–Crippen LogP) is 3.10. The Hall–Kier alpha value is -1.21. The van der Waals surface area contributed by atoms with Crippen molar-refractivity contribution in [3.05, 3.63) is 23.8 Å². The minimum atomic E-state index is 0. The average molecular weight is 436 g/mol. The Labute approximate surface area is 181 Å². The molecular weight excluding hydrogens is 401 g/mol.